The number of hydrogen-bond donors (Lipinski definition) is 2. The van der Waals surface area contributed by atoms with Crippen molar-refractivity contribution >= 4 is 5.97 Å². The lowest BCUT2D eigenvalue weighted by atomic mass is 9.81. The van der Waals surface area contributed by atoms with Gasteiger partial charge in [0.25, 0.3) is 0 Å². The maximum absolute atomic E-state index is 12.6. The zero-order valence-electron chi connectivity index (χ0n) is 12.6. The number of rotatable bonds is 7. The molecule has 2 N–H and O–H groups in total. The first kappa shape index (κ1) is 16.6. The highest BCUT2D eigenvalue weighted by molar-refractivity contribution is 5.69. The molecular weight excluding hydrogens is 278 g/mol. The fourth-order valence-corrected chi connectivity index (χ4v) is 3.57. The van der Waals surface area contributed by atoms with E-state index < -0.39 is 18.3 Å². The molecule has 0 bridgehead atoms. The smallest absolute Gasteiger partial charge is 0.317 e. The number of carboxylic acids is 1. The highest BCUT2D eigenvalue weighted by Gasteiger charge is 2.36. The molecule has 0 radical (unpaired) electrons. The third-order valence-electron chi connectivity index (χ3n) is 4.97. The SMILES string of the molecule is CCN(CC(=O)O)C1CC(NC2CCC(C(F)F)CC2)C1. The lowest BCUT2D eigenvalue weighted by Crippen LogP contribution is -2.56. The molecule has 0 amide bonds. The lowest BCUT2D eigenvalue weighted by molar-refractivity contribution is -0.139. The van der Waals surface area contributed by atoms with Gasteiger partial charge in [-0.15, -0.1) is 0 Å². The number of nitrogens with zero attached hydrogens (tertiary/aromatic N) is 1. The molecule has 4 nitrogen and oxygen atoms in total. The number of carboxylic acid groups (broad SMARTS) is 1. The molecule has 2 saturated carbocycles. The maximum Gasteiger partial charge on any atom is 0.317 e. The molecule has 0 aliphatic heterocycles. The van der Waals surface area contributed by atoms with Crippen LogP contribution in [0.1, 0.15) is 45.4 Å². The summed E-state index contributed by atoms with van der Waals surface area (Å²) in [4.78, 5) is 12.8. The maximum atomic E-state index is 12.6. The molecule has 0 aromatic carbocycles. The Labute approximate surface area is 124 Å². The Hall–Kier alpha value is -0.750. The highest BCUT2D eigenvalue weighted by atomic mass is 19.3. The number of alkyl halides is 2. The molecule has 0 spiro atoms. The van der Waals surface area contributed by atoms with Crippen molar-refractivity contribution in [1.82, 2.24) is 10.2 Å². The van der Waals surface area contributed by atoms with Gasteiger partial charge in [-0.1, -0.05) is 6.92 Å². The van der Waals surface area contributed by atoms with E-state index in [1.54, 1.807) is 0 Å². The zero-order valence-corrected chi connectivity index (χ0v) is 12.6. The van der Waals surface area contributed by atoms with Gasteiger partial charge >= 0.3 is 5.97 Å². The van der Waals surface area contributed by atoms with Crippen LogP contribution in [0.15, 0.2) is 0 Å². The Balaban J connectivity index is 1.65. The average molecular weight is 304 g/mol. The van der Waals surface area contributed by atoms with Crippen LogP contribution in [0.5, 0.6) is 0 Å². The third-order valence-corrected chi connectivity index (χ3v) is 4.97. The largest absolute Gasteiger partial charge is 0.480 e. The van der Waals surface area contributed by atoms with Crippen molar-refractivity contribution in [3.8, 4) is 0 Å². The molecule has 0 aromatic rings. The topological polar surface area (TPSA) is 52.6 Å². The second kappa shape index (κ2) is 7.49. The van der Waals surface area contributed by atoms with Gasteiger partial charge in [-0.2, -0.15) is 0 Å². The van der Waals surface area contributed by atoms with Crippen LogP contribution < -0.4 is 5.32 Å². The third kappa shape index (κ3) is 4.61. The lowest BCUT2D eigenvalue weighted by Gasteiger charge is -2.44. The van der Waals surface area contributed by atoms with Crippen LogP contribution in [-0.4, -0.2) is 53.6 Å². The van der Waals surface area contributed by atoms with Crippen molar-refractivity contribution in [3.63, 3.8) is 0 Å². The van der Waals surface area contributed by atoms with Gasteiger partial charge in [-0.05, 0) is 45.1 Å². The van der Waals surface area contributed by atoms with Crippen molar-refractivity contribution in [2.75, 3.05) is 13.1 Å². The summed E-state index contributed by atoms with van der Waals surface area (Å²) in [5.74, 6) is -1.19. The normalized spacial score (nSPS) is 33.2. The molecule has 0 unspecified atom stereocenters. The molecule has 2 fully saturated rings. The molecule has 6 heteroatoms. The number of halogens is 2. The summed E-state index contributed by atoms with van der Waals surface area (Å²) in [6, 6.07) is 1.13. The molecule has 0 atom stereocenters. The number of likely N-dealkylation sites (N-methyl/N-ethyl adjacent to an activating group) is 1. The minimum Gasteiger partial charge on any atom is -0.480 e. The number of carbonyl (C=O) groups is 1. The van der Waals surface area contributed by atoms with Gasteiger partial charge in [0.2, 0.25) is 6.43 Å². The van der Waals surface area contributed by atoms with Crippen molar-refractivity contribution in [1.29, 1.82) is 0 Å². The van der Waals surface area contributed by atoms with Gasteiger partial charge in [0.1, 0.15) is 0 Å². The van der Waals surface area contributed by atoms with Crippen LogP contribution in [0.4, 0.5) is 8.78 Å². The molecule has 2 aliphatic carbocycles. The Morgan fingerprint density at radius 1 is 1.24 bits per heavy atom. The summed E-state index contributed by atoms with van der Waals surface area (Å²) < 4.78 is 25.2. The summed E-state index contributed by atoms with van der Waals surface area (Å²) in [5, 5.41) is 12.4. The second-order valence-corrected chi connectivity index (χ2v) is 6.39. The van der Waals surface area contributed by atoms with Gasteiger partial charge in [0.05, 0.1) is 6.54 Å². The van der Waals surface area contributed by atoms with Crippen molar-refractivity contribution in [3.05, 3.63) is 0 Å². The summed E-state index contributed by atoms with van der Waals surface area (Å²) in [6.45, 7) is 2.84. The number of aliphatic carboxylic acids is 1. The predicted molar refractivity (Wildman–Crippen MR) is 76.6 cm³/mol. The van der Waals surface area contributed by atoms with Gasteiger partial charge in [-0.25, -0.2) is 8.78 Å². The summed E-state index contributed by atoms with van der Waals surface area (Å²) in [6.07, 6.45) is 2.67. The zero-order chi connectivity index (χ0) is 15.4. The van der Waals surface area contributed by atoms with Crippen LogP contribution in [0.25, 0.3) is 0 Å². The molecule has 21 heavy (non-hydrogen) atoms. The molecule has 0 heterocycles. The van der Waals surface area contributed by atoms with Gasteiger partial charge in [-0.3, -0.25) is 9.69 Å². The number of nitrogens with one attached hydrogen (secondary N) is 1. The minimum absolute atomic E-state index is 0.105. The van der Waals surface area contributed by atoms with Gasteiger partial charge in [0.15, 0.2) is 0 Å². The van der Waals surface area contributed by atoms with E-state index in [0.29, 0.717) is 31.0 Å². The summed E-state index contributed by atoms with van der Waals surface area (Å²) >= 11 is 0. The Kier molecular flexibility index (Phi) is 5.93. The van der Waals surface area contributed by atoms with E-state index >= 15 is 0 Å². The second-order valence-electron chi connectivity index (χ2n) is 6.39. The highest BCUT2D eigenvalue weighted by Crippen LogP contribution is 2.32. The quantitative estimate of drug-likeness (QED) is 0.758. The Morgan fingerprint density at radius 3 is 2.33 bits per heavy atom. The Bertz CT molecular complexity index is 341. The first-order chi connectivity index (χ1) is 9.99. The van der Waals surface area contributed by atoms with Crippen molar-refractivity contribution < 1.29 is 18.7 Å². The summed E-state index contributed by atoms with van der Waals surface area (Å²) in [7, 11) is 0. The van der Waals surface area contributed by atoms with Crippen LogP contribution in [0.3, 0.4) is 0 Å². The van der Waals surface area contributed by atoms with E-state index in [4.69, 9.17) is 5.11 Å². The van der Waals surface area contributed by atoms with Gasteiger partial charge in [0, 0.05) is 24.0 Å². The van der Waals surface area contributed by atoms with E-state index in [9.17, 15) is 13.6 Å². The Morgan fingerprint density at radius 2 is 1.86 bits per heavy atom. The van der Waals surface area contributed by atoms with Crippen molar-refractivity contribution in [2.45, 2.75) is 70.0 Å². The molecule has 2 rings (SSSR count). The molecular formula is C15H26F2N2O2. The van der Waals surface area contributed by atoms with Gasteiger partial charge < -0.3 is 10.4 Å². The van der Waals surface area contributed by atoms with E-state index in [0.717, 1.165) is 32.2 Å². The minimum atomic E-state index is -2.17. The molecule has 2 aliphatic rings. The standard InChI is InChI=1S/C15H26F2N2O2/c1-2-19(9-14(20)21)13-7-12(8-13)18-11-5-3-10(4-6-11)15(16)17/h10-13,15,18H,2-9H2,1H3,(H,20,21). The first-order valence-corrected chi connectivity index (χ1v) is 7.99. The van der Waals surface area contributed by atoms with Crippen LogP contribution >= 0.6 is 0 Å². The average Bonchev–Trinajstić information content (AvgIpc) is 2.40. The summed E-state index contributed by atoms with van der Waals surface area (Å²) in [5.41, 5.74) is 0. The fourth-order valence-electron chi connectivity index (χ4n) is 3.57. The van der Waals surface area contributed by atoms with E-state index in [1.165, 1.54) is 0 Å². The molecule has 122 valence electrons. The predicted octanol–water partition coefficient (Wildman–Crippen LogP) is 2.34. The fraction of sp³-hybridized carbons (Fsp3) is 0.933. The number of hydrogen-bond acceptors (Lipinski definition) is 3. The molecule has 0 saturated heterocycles. The van der Waals surface area contributed by atoms with E-state index in [1.807, 2.05) is 11.8 Å². The monoisotopic (exact) mass is 304 g/mol. The van der Waals surface area contributed by atoms with E-state index in [-0.39, 0.29) is 6.54 Å². The molecule has 0 aromatic heterocycles. The van der Waals surface area contributed by atoms with Crippen LogP contribution in [-0.2, 0) is 4.79 Å². The van der Waals surface area contributed by atoms with Crippen LogP contribution in [0, 0.1) is 5.92 Å². The van der Waals surface area contributed by atoms with Crippen LogP contribution in [0.2, 0.25) is 0 Å². The van der Waals surface area contributed by atoms with E-state index in [2.05, 4.69) is 5.32 Å². The first-order valence-electron chi connectivity index (χ1n) is 7.99. The van der Waals surface area contributed by atoms with Crippen molar-refractivity contribution in [2.24, 2.45) is 5.92 Å².